The Morgan fingerprint density at radius 3 is 2.76 bits per heavy atom. The van der Waals surface area contributed by atoms with Crippen molar-refractivity contribution in [3.63, 3.8) is 0 Å². The molecule has 0 amide bonds. The fourth-order valence-electron chi connectivity index (χ4n) is 1.38. The summed E-state index contributed by atoms with van der Waals surface area (Å²) in [5, 5.41) is 10.2. The smallest absolute Gasteiger partial charge is 0.235 e. The van der Waals surface area contributed by atoms with Gasteiger partial charge in [0.05, 0.1) is 17.6 Å². The molecule has 5 nitrogen and oxygen atoms in total. The molecule has 0 aromatic heterocycles. The number of ether oxygens (including phenoxy) is 1. The van der Waals surface area contributed by atoms with Crippen molar-refractivity contribution in [3.05, 3.63) is 45.6 Å². The van der Waals surface area contributed by atoms with Crippen molar-refractivity contribution >= 4 is 11.9 Å². The Labute approximate surface area is 98.9 Å². The molecule has 17 heavy (non-hydrogen) atoms. The highest BCUT2D eigenvalue weighted by molar-refractivity contribution is 5.98. The summed E-state index contributed by atoms with van der Waals surface area (Å²) >= 11 is 0. The van der Waals surface area contributed by atoms with Gasteiger partial charge in [-0.25, -0.2) is 0 Å². The maximum absolute atomic E-state index is 11.6. The highest BCUT2D eigenvalue weighted by atomic mass is 16.6. The van der Waals surface area contributed by atoms with E-state index in [2.05, 4.69) is 0 Å². The van der Waals surface area contributed by atoms with E-state index in [0.29, 0.717) is 23.3 Å². The van der Waals surface area contributed by atoms with Crippen molar-refractivity contribution in [3.8, 4) is 5.75 Å². The first-order valence-corrected chi connectivity index (χ1v) is 5.11. The van der Waals surface area contributed by atoms with Crippen molar-refractivity contribution in [1.82, 2.24) is 0 Å². The van der Waals surface area contributed by atoms with Gasteiger partial charge in [0.25, 0.3) is 0 Å². The van der Waals surface area contributed by atoms with Gasteiger partial charge in [-0.3, -0.25) is 14.9 Å². The molecular formula is C12H13NO4. The minimum absolute atomic E-state index is 0.0216. The van der Waals surface area contributed by atoms with Crippen LogP contribution in [0.1, 0.15) is 29.3 Å². The lowest BCUT2D eigenvalue weighted by Crippen LogP contribution is -2.00. The van der Waals surface area contributed by atoms with Gasteiger partial charge in [-0.05, 0) is 17.7 Å². The molecule has 0 heterocycles. The lowest BCUT2D eigenvalue weighted by Gasteiger charge is -2.07. The Morgan fingerprint density at radius 2 is 2.24 bits per heavy atom. The standard InChI is InChI=1S/C12H13NO4/c1-3-11(14)10-5-4-9(6-7-13(15)16)8-12(10)17-2/h4-8H,3H2,1-2H3. The van der Waals surface area contributed by atoms with Crippen LogP contribution in [-0.4, -0.2) is 17.8 Å². The zero-order chi connectivity index (χ0) is 12.8. The number of ketones is 1. The van der Waals surface area contributed by atoms with Crippen molar-refractivity contribution in [1.29, 1.82) is 0 Å². The molecule has 1 aromatic carbocycles. The third kappa shape index (κ3) is 3.41. The number of rotatable bonds is 5. The van der Waals surface area contributed by atoms with Crippen molar-refractivity contribution in [2.45, 2.75) is 13.3 Å². The lowest BCUT2D eigenvalue weighted by molar-refractivity contribution is -0.400. The van der Waals surface area contributed by atoms with Crippen LogP contribution in [-0.2, 0) is 0 Å². The van der Waals surface area contributed by atoms with Gasteiger partial charge in [0.15, 0.2) is 5.78 Å². The van der Waals surface area contributed by atoms with Crippen LogP contribution in [0.4, 0.5) is 0 Å². The van der Waals surface area contributed by atoms with Crippen LogP contribution in [0.2, 0.25) is 0 Å². The monoisotopic (exact) mass is 235 g/mol. The van der Waals surface area contributed by atoms with Crippen molar-refractivity contribution in [2.75, 3.05) is 7.11 Å². The summed E-state index contributed by atoms with van der Waals surface area (Å²) in [6, 6.07) is 4.86. The molecule has 0 saturated carbocycles. The molecule has 0 aliphatic carbocycles. The van der Waals surface area contributed by atoms with E-state index in [1.807, 2.05) is 0 Å². The van der Waals surface area contributed by atoms with Crippen LogP contribution in [0.5, 0.6) is 5.75 Å². The highest BCUT2D eigenvalue weighted by Gasteiger charge is 2.10. The predicted octanol–water partition coefficient (Wildman–Crippen LogP) is 2.54. The Balaban J connectivity index is 3.08. The van der Waals surface area contributed by atoms with Gasteiger partial charge < -0.3 is 4.74 Å². The van der Waals surface area contributed by atoms with Gasteiger partial charge in [-0.1, -0.05) is 13.0 Å². The summed E-state index contributed by atoms with van der Waals surface area (Å²) in [5.74, 6) is 0.411. The average molecular weight is 235 g/mol. The van der Waals surface area contributed by atoms with E-state index < -0.39 is 4.92 Å². The Kier molecular flexibility index (Phi) is 4.39. The zero-order valence-corrected chi connectivity index (χ0v) is 9.67. The zero-order valence-electron chi connectivity index (χ0n) is 9.67. The molecule has 0 spiro atoms. The molecule has 0 fully saturated rings. The first kappa shape index (κ1) is 12.9. The van der Waals surface area contributed by atoms with Gasteiger partial charge in [-0.2, -0.15) is 0 Å². The minimum atomic E-state index is -0.544. The topological polar surface area (TPSA) is 69.4 Å². The third-order valence-corrected chi connectivity index (χ3v) is 2.24. The lowest BCUT2D eigenvalue weighted by atomic mass is 10.0. The van der Waals surface area contributed by atoms with Crippen LogP contribution in [0.3, 0.4) is 0 Å². The fourth-order valence-corrected chi connectivity index (χ4v) is 1.38. The molecular weight excluding hydrogens is 222 g/mol. The number of hydrogen-bond donors (Lipinski definition) is 0. The summed E-state index contributed by atoms with van der Waals surface area (Å²) in [5.41, 5.74) is 1.11. The molecule has 0 aliphatic heterocycles. The number of hydrogen-bond acceptors (Lipinski definition) is 4. The molecule has 0 N–H and O–H groups in total. The number of Topliss-reactive ketones (excluding diaryl/α,β-unsaturated/α-hetero) is 1. The second-order valence-electron chi connectivity index (χ2n) is 3.34. The van der Waals surface area contributed by atoms with E-state index >= 15 is 0 Å². The SMILES string of the molecule is CCC(=O)c1ccc(C=C[N+](=O)[O-])cc1OC. The maximum Gasteiger partial charge on any atom is 0.235 e. The van der Waals surface area contributed by atoms with E-state index in [9.17, 15) is 14.9 Å². The van der Waals surface area contributed by atoms with Crippen molar-refractivity contribution < 1.29 is 14.5 Å². The van der Waals surface area contributed by atoms with Gasteiger partial charge >= 0.3 is 0 Å². The predicted molar refractivity (Wildman–Crippen MR) is 63.6 cm³/mol. The minimum Gasteiger partial charge on any atom is -0.496 e. The largest absolute Gasteiger partial charge is 0.496 e. The number of benzene rings is 1. The normalized spacial score (nSPS) is 10.5. The third-order valence-electron chi connectivity index (χ3n) is 2.24. The van der Waals surface area contributed by atoms with Crippen LogP contribution >= 0.6 is 0 Å². The van der Waals surface area contributed by atoms with Gasteiger partial charge in [0, 0.05) is 12.5 Å². The molecule has 90 valence electrons. The molecule has 1 aromatic rings. The first-order valence-electron chi connectivity index (χ1n) is 5.11. The quantitative estimate of drug-likeness (QED) is 0.446. The van der Waals surface area contributed by atoms with Crippen LogP contribution in [0, 0.1) is 10.1 Å². The number of carbonyl (C=O) groups is 1. The van der Waals surface area contributed by atoms with Crippen molar-refractivity contribution in [2.24, 2.45) is 0 Å². The van der Waals surface area contributed by atoms with E-state index in [-0.39, 0.29) is 5.78 Å². The maximum atomic E-state index is 11.6. The van der Waals surface area contributed by atoms with E-state index in [4.69, 9.17) is 4.74 Å². The molecule has 0 aliphatic rings. The average Bonchev–Trinajstić information content (AvgIpc) is 2.34. The summed E-state index contributed by atoms with van der Waals surface area (Å²) in [6.45, 7) is 1.77. The summed E-state index contributed by atoms with van der Waals surface area (Å²) < 4.78 is 5.09. The number of carbonyl (C=O) groups excluding carboxylic acids is 1. The number of methoxy groups -OCH3 is 1. The molecule has 5 heteroatoms. The number of nitrogens with zero attached hydrogens (tertiary/aromatic N) is 1. The van der Waals surface area contributed by atoms with E-state index in [0.717, 1.165) is 6.20 Å². The molecule has 0 radical (unpaired) electrons. The Bertz CT molecular complexity index is 466. The van der Waals surface area contributed by atoms with Gasteiger partial charge in [-0.15, -0.1) is 0 Å². The van der Waals surface area contributed by atoms with Crippen LogP contribution in [0.15, 0.2) is 24.4 Å². The fraction of sp³-hybridized carbons (Fsp3) is 0.250. The second kappa shape index (κ2) is 5.79. The molecule has 0 atom stereocenters. The Hall–Kier alpha value is -2.17. The first-order chi connectivity index (χ1) is 8.08. The van der Waals surface area contributed by atoms with Gasteiger partial charge in [0.2, 0.25) is 6.20 Å². The summed E-state index contributed by atoms with van der Waals surface area (Å²) in [6.07, 6.45) is 2.58. The number of nitro groups is 1. The molecule has 1 rings (SSSR count). The van der Waals surface area contributed by atoms with E-state index in [1.54, 1.807) is 25.1 Å². The van der Waals surface area contributed by atoms with E-state index in [1.165, 1.54) is 13.2 Å². The second-order valence-corrected chi connectivity index (χ2v) is 3.34. The van der Waals surface area contributed by atoms with Crippen LogP contribution < -0.4 is 4.74 Å². The Morgan fingerprint density at radius 1 is 1.53 bits per heavy atom. The molecule has 0 saturated heterocycles. The highest BCUT2D eigenvalue weighted by Crippen LogP contribution is 2.22. The summed E-state index contributed by atoms with van der Waals surface area (Å²) in [4.78, 5) is 21.2. The van der Waals surface area contributed by atoms with Crippen LogP contribution in [0.25, 0.3) is 6.08 Å². The van der Waals surface area contributed by atoms with Gasteiger partial charge in [0.1, 0.15) is 5.75 Å². The molecule has 0 bridgehead atoms. The summed E-state index contributed by atoms with van der Waals surface area (Å²) in [7, 11) is 1.46. The molecule has 0 unspecified atom stereocenters.